The summed E-state index contributed by atoms with van der Waals surface area (Å²) in [5.74, 6) is 1.56. The second kappa shape index (κ2) is 8.51. The van der Waals surface area contributed by atoms with E-state index in [2.05, 4.69) is 56.4 Å². The van der Waals surface area contributed by atoms with Crippen LogP contribution in [0.4, 0.5) is 11.8 Å². The summed E-state index contributed by atoms with van der Waals surface area (Å²) in [6.45, 7) is 5.55. The van der Waals surface area contributed by atoms with E-state index in [4.69, 9.17) is 0 Å². The second-order valence-electron chi connectivity index (χ2n) is 5.16. The second-order valence-corrected chi connectivity index (χ2v) is 5.16. The van der Waals surface area contributed by atoms with E-state index in [9.17, 15) is 0 Å². The fraction of sp³-hybridized carbons (Fsp3) is 0.500. The van der Waals surface area contributed by atoms with Gasteiger partial charge in [-0.3, -0.25) is 0 Å². The number of aryl methyl sites for hydroxylation is 1. The Morgan fingerprint density at radius 1 is 0.909 bits per heavy atom. The van der Waals surface area contributed by atoms with Crippen molar-refractivity contribution in [3.05, 3.63) is 23.8 Å². The van der Waals surface area contributed by atoms with E-state index in [1.807, 2.05) is 14.1 Å². The van der Waals surface area contributed by atoms with Gasteiger partial charge in [-0.05, 0) is 38.2 Å². The number of likely N-dealkylation sites (N-methyl/N-ethyl adjacent to an activating group) is 2. The smallest absolute Gasteiger partial charge is 0.225 e. The van der Waals surface area contributed by atoms with Gasteiger partial charge in [0.05, 0.1) is 5.52 Å². The van der Waals surface area contributed by atoms with Crippen LogP contribution in [-0.4, -0.2) is 50.2 Å². The van der Waals surface area contributed by atoms with Crippen molar-refractivity contribution >= 4 is 22.7 Å². The van der Waals surface area contributed by atoms with Gasteiger partial charge in [0.15, 0.2) is 0 Å². The number of hydrogen-bond donors (Lipinski definition) is 4. The molecule has 0 fully saturated rings. The van der Waals surface area contributed by atoms with Gasteiger partial charge in [-0.2, -0.15) is 4.98 Å². The molecule has 2 aromatic rings. The zero-order chi connectivity index (χ0) is 15.8. The lowest BCUT2D eigenvalue weighted by Crippen LogP contribution is -2.20. The average Bonchev–Trinajstić information content (AvgIpc) is 2.55. The Morgan fingerprint density at radius 2 is 1.64 bits per heavy atom. The summed E-state index contributed by atoms with van der Waals surface area (Å²) in [5, 5.41) is 14.0. The summed E-state index contributed by atoms with van der Waals surface area (Å²) in [6.07, 6.45) is 1.01. The average molecular weight is 302 g/mol. The molecular weight excluding hydrogens is 276 g/mol. The number of benzene rings is 1. The third kappa shape index (κ3) is 4.29. The van der Waals surface area contributed by atoms with Crippen LogP contribution in [0.5, 0.6) is 0 Å². The molecular formula is C16H26N6. The zero-order valence-corrected chi connectivity index (χ0v) is 13.7. The lowest BCUT2D eigenvalue weighted by molar-refractivity contribution is 0.815. The van der Waals surface area contributed by atoms with Crippen molar-refractivity contribution < 1.29 is 0 Å². The van der Waals surface area contributed by atoms with Crippen molar-refractivity contribution in [2.45, 2.75) is 13.3 Å². The molecule has 0 aliphatic carbocycles. The van der Waals surface area contributed by atoms with Crippen molar-refractivity contribution in [2.24, 2.45) is 0 Å². The molecule has 0 atom stereocenters. The molecule has 0 saturated heterocycles. The molecule has 2 rings (SSSR count). The van der Waals surface area contributed by atoms with Crippen LogP contribution in [0, 0.1) is 0 Å². The van der Waals surface area contributed by atoms with Crippen LogP contribution in [0.1, 0.15) is 12.5 Å². The normalized spacial score (nSPS) is 10.9. The topological polar surface area (TPSA) is 73.9 Å². The molecule has 0 amide bonds. The number of anilines is 2. The minimum Gasteiger partial charge on any atom is -0.368 e. The highest BCUT2D eigenvalue weighted by Gasteiger charge is 2.08. The van der Waals surface area contributed by atoms with E-state index in [1.54, 1.807) is 0 Å². The SMILES string of the molecule is CCc1ccc2nc(NCCNC)nc(NCCNC)c2c1. The van der Waals surface area contributed by atoms with Crippen LogP contribution < -0.4 is 21.3 Å². The number of hydrogen-bond acceptors (Lipinski definition) is 6. The predicted molar refractivity (Wildman–Crippen MR) is 93.7 cm³/mol. The van der Waals surface area contributed by atoms with E-state index < -0.39 is 0 Å². The standard InChI is InChI=1S/C16H26N6/c1-4-12-5-6-14-13(11-12)15(19-9-7-17-2)22-16(21-14)20-10-8-18-3/h5-6,11,17-18H,4,7-10H2,1-3H3,(H2,19,20,21,22). The fourth-order valence-electron chi connectivity index (χ4n) is 2.21. The molecule has 120 valence electrons. The lowest BCUT2D eigenvalue weighted by Gasteiger charge is -2.12. The first-order valence-electron chi connectivity index (χ1n) is 7.86. The van der Waals surface area contributed by atoms with Gasteiger partial charge < -0.3 is 21.3 Å². The first-order valence-corrected chi connectivity index (χ1v) is 7.86. The third-order valence-electron chi connectivity index (χ3n) is 3.49. The molecule has 22 heavy (non-hydrogen) atoms. The molecule has 1 heterocycles. The van der Waals surface area contributed by atoms with Gasteiger partial charge in [0.1, 0.15) is 5.82 Å². The lowest BCUT2D eigenvalue weighted by atomic mass is 10.1. The molecule has 0 aliphatic rings. The number of nitrogens with zero attached hydrogens (tertiary/aromatic N) is 2. The Labute approximate surface area is 132 Å². The van der Waals surface area contributed by atoms with Crippen LogP contribution in [0.2, 0.25) is 0 Å². The molecule has 0 spiro atoms. The summed E-state index contributed by atoms with van der Waals surface area (Å²) in [5.41, 5.74) is 2.26. The zero-order valence-electron chi connectivity index (χ0n) is 13.7. The van der Waals surface area contributed by atoms with E-state index in [0.29, 0.717) is 5.95 Å². The van der Waals surface area contributed by atoms with Crippen LogP contribution in [0.3, 0.4) is 0 Å². The molecule has 0 bridgehead atoms. The van der Waals surface area contributed by atoms with Gasteiger partial charge >= 0.3 is 0 Å². The van der Waals surface area contributed by atoms with Crippen LogP contribution in [-0.2, 0) is 6.42 Å². The summed E-state index contributed by atoms with van der Waals surface area (Å²) in [4.78, 5) is 9.24. The van der Waals surface area contributed by atoms with Gasteiger partial charge in [0, 0.05) is 31.6 Å². The van der Waals surface area contributed by atoms with E-state index in [1.165, 1.54) is 5.56 Å². The van der Waals surface area contributed by atoms with Gasteiger partial charge in [0.25, 0.3) is 0 Å². The van der Waals surface area contributed by atoms with Gasteiger partial charge in [-0.25, -0.2) is 4.98 Å². The summed E-state index contributed by atoms with van der Waals surface area (Å²) < 4.78 is 0. The van der Waals surface area contributed by atoms with E-state index in [-0.39, 0.29) is 0 Å². The number of nitrogens with one attached hydrogen (secondary N) is 4. The number of fused-ring (bicyclic) bond motifs is 1. The summed E-state index contributed by atoms with van der Waals surface area (Å²) >= 11 is 0. The third-order valence-corrected chi connectivity index (χ3v) is 3.49. The van der Waals surface area contributed by atoms with Crippen molar-refractivity contribution in [1.82, 2.24) is 20.6 Å². The first kappa shape index (κ1) is 16.5. The van der Waals surface area contributed by atoms with Gasteiger partial charge in [-0.15, -0.1) is 0 Å². The molecule has 0 saturated carbocycles. The molecule has 0 radical (unpaired) electrons. The Bertz CT molecular complexity index is 598. The molecule has 6 heteroatoms. The molecule has 0 unspecified atom stereocenters. The van der Waals surface area contributed by atoms with Crippen molar-refractivity contribution in [1.29, 1.82) is 0 Å². The van der Waals surface area contributed by atoms with Crippen molar-refractivity contribution in [3.63, 3.8) is 0 Å². The highest BCUT2D eigenvalue weighted by molar-refractivity contribution is 5.90. The quantitative estimate of drug-likeness (QED) is 0.526. The minimum atomic E-state index is 0.666. The maximum atomic E-state index is 4.63. The number of rotatable bonds is 9. The highest BCUT2D eigenvalue weighted by atomic mass is 15.1. The van der Waals surface area contributed by atoms with Crippen molar-refractivity contribution in [3.8, 4) is 0 Å². The van der Waals surface area contributed by atoms with Gasteiger partial charge in [-0.1, -0.05) is 13.0 Å². The van der Waals surface area contributed by atoms with Crippen LogP contribution >= 0.6 is 0 Å². The monoisotopic (exact) mass is 302 g/mol. The Morgan fingerprint density at radius 3 is 2.32 bits per heavy atom. The largest absolute Gasteiger partial charge is 0.368 e. The van der Waals surface area contributed by atoms with Crippen molar-refractivity contribution in [2.75, 3.05) is 50.9 Å². The summed E-state index contributed by atoms with van der Waals surface area (Å²) in [6, 6.07) is 6.38. The van der Waals surface area contributed by atoms with Crippen LogP contribution in [0.25, 0.3) is 10.9 Å². The molecule has 1 aromatic heterocycles. The van der Waals surface area contributed by atoms with Gasteiger partial charge in [0.2, 0.25) is 5.95 Å². The molecule has 6 nitrogen and oxygen atoms in total. The summed E-state index contributed by atoms with van der Waals surface area (Å²) in [7, 11) is 3.87. The highest BCUT2D eigenvalue weighted by Crippen LogP contribution is 2.23. The molecule has 1 aromatic carbocycles. The molecule has 4 N–H and O–H groups in total. The minimum absolute atomic E-state index is 0.666. The van der Waals surface area contributed by atoms with E-state index in [0.717, 1.165) is 49.3 Å². The maximum absolute atomic E-state index is 4.63. The fourth-order valence-corrected chi connectivity index (χ4v) is 2.21. The first-order chi connectivity index (χ1) is 10.8. The maximum Gasteiger partial charge on any atom is 0.225 e. The van der Waals surface area contributed by atoms with Crippen LogP contribution in [0.15, 0.2) is 18.2 Å². The Balaban J connectivity index is 2.30. The number of aromatic nitrogens is 2. The molecule has 0 aliphatic heterocycles. The Kier molecular flexibility index (Phi) is 6.36. The predicted octanol–water partition coefficient (Wildman–Crippen LogP) is 1.45. The Hall–Kier alpha value is -1.92. The van der Waals surface area contributed by atoms with E-state index >= 15 is 0 Å².